The molecule has 0 aromatic heterocycles. The van der Waals surface area contributed by atoms with Crippen LogP contribution in [-0.4, -0.2) is 31.3 Å². The van der Waals surface area contributed by atoms with Gasteiger partial charge in [-0.1, -0.05) is 13.8 Å². The van der Waals surface area contributed by atoms with E-state index in [1.165, 1.54) is 0 Å². The van der Waals surface area contributed by atoms with Gasteiger partial charge < -0.3 is 20.5 Å². The second kappa shape index (κ2) is 8.15. The summed E-state index contributed by atoms with van der Waals surface area (Å²) in [5, 5.41) is 2.87. The first-order valence-electron chi connectivity index (χ1n) is 7.97. The number of rotatable bonds is 7. The lowest BCUT2D eigenvalue weighted by Gasteiger charge is -2.13. The topological polar surface area (TPSA) is 73.6 Å². The minimum absolute atomic E-state index is 0.00693. The summed E-state index contributed by atoms with van der Waals surface area (Å²) in [5.41, 5.74) is 6.30. The van der Waals surface area contributed by atoms with Crippen LogP contribution in [0.25, 0.3) is 0 Å². The van der Waals surface area contributed by atoms with E-state index >= 15 is 0 Å². The zero-order chi connectivity index (χ0) is 15.9. The van der Waals surface area contributed by atoms with Crippen LogP contribution >= 0.6 is 0 Å². The lowest BCUT2D eigenvalue weighted by molar-refractivity contribution is -0.126. The minimum Gasteiger partial charge on any atom is -0.494 e. The molecule has 5 heteroatoms. The SMILES string of the molecule is CC(C)CCOc1ccc(NC(=O)[C@@H]2CC[C@H](CN)O2)cc1. The van der Waals surface area contributed by atoms with E-state index < -0.39 is 6.10 Å². The Morgan fingerprint density at radius 1 is 1.36 bits per heavy atom. The summed E-state index contributed by atoms with van der Waals surface area (Å²) in [5.74, 6) is 1.34. The summed E-state index contributed by atoms with van der Waals surface area (Å²) in [6, 6.07) is 7.43. The molecule has 1 fully saturated rings. The van der Waals surface area contributed by atoms with Gasteiger partial charge in [0.2, 0.25) is 0 Å². The number of amides is 1. The molecule has 1 heterocycles. The summed E-state index contributed by atoms with van der Waals surface area (Å²) in [6.07, 6.45) is 2.21. The zero-order valence-electron chi connectivity index (χ0n) is 13.4. The smallest absolute Gasteiger partial charge is 0.253 e. The van der Waals surface area contributed by atoms with Crippen molar-refractivity contribution in [2.75, 3.05) is 18.5 Å². The average Bonchev–Trinajstić information content (AvgIpc) is 2.98. The van der Waals surface area contributed by atoms with Crippen molar-refractivity contribution in [2.45, 2.75) is 45.3 Å². The molecule has 0 bridgehead atoms. The van der Waals surface area contributed by atoms with Crippen molar-refractivity contribution in [3.63, 3.8) is 0 Å². The van der Waals surface area contributed by atoms with E-state index in [9.17, 15) is 4.79 Å². The summed E-state index contributed by atoms with van der Waals surface area (Å²) in [7, 11) is 0. The first-order valence-corrected chi connectivity index (χ1v) is 7.97. The molecule has 0 saturated carbocycles. The summed E-state index contributed by atoms with van der Waals surface area (Å²) >= 11 is 0. The molecule has 0 aliphatic carbocycles. The Labute approximate surface area is 132 Å². The minimum atomic E-state index is -0.393. The summed E-state index contributed by atoms with van der Waals surface area (Å²) in [6.45, 7) is 5.51. The maximum Gasteiger partial charge on any atom is 0.253 e. The van der Waals surface area contributed by atoms with Gasteiger partial charge in [-0.25, -0.2) is 0 Å². The lowest BCUT2D eigenvalue weighted by Crippen LogP contribution is -2.29. The number of benzene rings is 1. The number of nitrogens with two attached hydrogens (primary N) is 1. The third kappa shape index (κ3) is 5.00. The Morgan fingerprint density at radius 2 is 2.09 bits per heavy atom. The van der Waals surface area contributed by atoms with Crippen LogP contribution in [0, 0.1) is 5.92 Å². The molecule has 3 N–H and O–H groups in total. The molecular formula is C17H26N2O3. The summed E-state index contributed by atoms with van der Waals surface area (Å²) < 4.78 is 11.2. The molecular weight excluding hydrogens is 280 g/mol. The van der Waals surface area contributed by atoms with E-state index in [4.69, 9.17) is 15.2 Å². The van der Waals surface area contributed by atoms with E-state index in [0.717, 1.165) is 30.7 Å². The lowest BCUT2D eigenvalue weighted by atomic mass is 10.1. The number of nitrogens with one attached hydrogen (secondary N) is 1. The second-order valence-electron chi connectivity index (χ2n) is 6.10. The molecule has 1 amide bonds. The van der Waals surface area contributed by atoms with Crippen LogP contribution in [0.3, 0.4) is 0 Å². The van der Waals surface area contributed by atoms with Crippen LogP contribution in [0.2, 0.25) is 0 Å². The highest BCUT2D eigenvalue weighted by atomic mass is 16.5. The molecule has 22 heavy (non-hydrogen) atoms. The highest BCUT2D eigenvalue weighted by Crippen LogP contribution is 2.21. The maximum atomic E-state index is 12.1. The highest BCUT2D eigenvalue weighted by Gasteiger charge is 2.29. The van der Waals surface area contributed by atoms with Gasteiger partial charge in [0.15, 0.2) is 0 Å². The third-order valence-corrected chi connectivity index (χ3v) is 3.75. The van der Waals surface area contributed by atoms with Gasteiger partial charge >= 0.3 is 0 Å². The van der Waals surface area contributed by atoms with E-state index in [-0.39, 0.29) is 12.0 Å². The Morgan fingerprint density at radius 3 is 2.68 bits per heavy atom. The van der Waals surface area contributed by atoms with E-state index in [0.29, 0.717) is 19.1 Å². The van der Waals surface area contributed by atoms with Gasteiger partial charge in [-0.2, -0.15) is 0 Å². The van der Waals surface area contributed by atoms with Crippen molar-refractivity contribution in [2.24, 2.45) is 11.7 Å². The number of carbonyl (C=O) groups is 1. The first kappa shape index (κ1) is 16.8. The van der Waals surface area contributed by atoms with Gasteiger partial charge in [0, 0.05) is 12.2 Å². The molecule has 1 saturated heterocycles. The fourth-order valence-electron chi connectivity index (χ4n) is 2.34. The molecule has 1 aromatic rings. The van der Waals surface area contributed by atoms with Crippen LogP contribution in [0.4, 0.5) is 5.69 Å². The molecule has 5 nitrogen and oxygen atoms in total. The molecule has 1 aromatic carbocycles. The average molecular weight is 306 g/mol. The van der Waals surface area contributed by atoms with Crippen LogP contribution in [0.5, 0.6) is 5.75 Å². The van der Waals surface area contributed by atoms with Gasteiger partial charge in [0.25, 0.3) is 5.91 Å². The van der Waals surface area contributed by atoms with Crippen molar-refractivity contribution >= 4 is 11.6 Å². The van der Waals surface area contributed by atoms with Crippen LogP contribution in [0.1, 0.15) is 33.1 Å². The number of anilines is 1. The van der Waals surface area contributed by atoms with Gasteiger partial charge in [-0.05, 0) is 49.4 Å². The van der Waals surface area contributed by atoms with Crippen molar-refractivity contribution in [3.05, 3.63) is 24.3 Å². The third-order valence-electron chi connectivity index (χ3n) is 3.75. The fraction of sp³-hybridized carbons (Fsp3) is 0.588. The van der Waals surface area contributed by atoms with Gasteiger partial charge in [0.1, 0.15) is 11.9 Å². The Balaban J connectivity index is 1.79. The zero-order valence-corrected chi connectivity index (χ0v) is 13.4. The van der Waals surface area contributed by atoms with Gasteiger partial charge in [0.05, 0.1) is 12.7 Å². The standard InChI is InChI=1S/C17H26N2O3/c1-12(2)9-10-21-14-5-3-13(4-6-14)19-17(20)16-8-7-15(11-18)22-16/h3-6,12,15-16H,7-11,18H2,1-2H3,(H,19,20)/t15-,16+/m1/s1. The van der Waals surface area contributed by atoms with Gasteiger partial charge in [-0.3, -0.25) is 4.79 Å². The number of carbonyl (C=O) groups excluding carboxylic acids is 1. The number of hydrogen-bond acceptors (Lipinski definition) is 4. The molecule has 0 radical (unpaired) electrons. The Bertz CT molecular complexity index is 473. The van der Waals surface area contributed by atoms with Crippen molar-refractivity contribution < 1.29 is 14.3 Å². The molecule has 2 rings (SSSR count). The molecule has 1 aliphatic rings. The molecule has 122 valence electrons. The van der Waals surface area contributed by atoms with Gasteiger partial charge in [-0.15, -0.1) is 0 Å². The molecule has 2 atom stereocenters. The number of hydrogen-bond donors (Lipinski definition) is 2. The number of ether oxygens (including phenoxy) is 2. The Hall–Kier alpha value is -1.59. The largest absolute Gasteiger partial charge is 0.494 e. The normalized spacial score (nSPS) is 21.1. The predicted octanol–water partition coefficient (Wildman–Crippen LogP) is 2.56. The summed E-state index contributed by atoms with van der Waals surface area (Å²) in [4.78, 5) is 12.1. The highest BCUT2D eigenvalue weighted by molar-refractivity contribution is 5.94. The van der Waals surface area contributed by atoms with Crippen molar-refractivity contribution in [3.8, 4) is 5.75 Å². The van der Waals surface area contributed by atoms with E-state index in [2.05, 4.69) is 19.2 Å². The first-order chi connectivity index (χ1) is 10.6. The van der Waals surface area contributed by atoms with E-state index in [1.807, 2.05) is 24.3 Å². The van der Waals surface area contributed by atoms with Crippen LogP contribution in [0.15, 0.2) is 24.3 Å². The maximum absolute atomic E-state index is 12.1. The molecule has 0 spiro atoms. The molecule has 0 unspecified atom stereocenters. The monoisotopic (exact) mass is 306 g/mol. The van der Waals surface area contributed by atoms with Crippen LogP contribution < -0.4 is 15.8 Å². The van der Waals surface area contributed by atoms with Crippen molar-refractivity contribution in [1.29, 1.82) is 0 Å². The van der Waals surface area contributed by atoms with Crippen LogP contribution in [-0.2, 0) is 9.53 Å². The van der Waals surface area contributed by atoms with E-state index in [1.54, 1.807) is 0 Å². The quantitative estimate of drug-likeness (QED) is 0.812. The Kier molecular flexibility index (Phi) is 6.21. The second-order valence-corrected chi connectivity index (χ2v) is 6.10. The predicted molar refractivity (Wildman–Crippen MR) is 87.0 cm³/mol. The van der Waals surface area contributed by atoms with Crippen molar-refractivity contribution in [1.82, 2.24) is 0 Å². The molecule has 1 aliphatic heterocycles. The fourth-order valence-corrected chi connectivity index (χ4v) is 2.34.